The van der Waals surface area contributed by atoms with E-state index < -0.39 is 28.7 Å². The largest absolute Gasteiger partial charge is 0.417 e. The SMILES string of the molecule is CC1(C)C(=O)N(c2ccc(C#N)c(C(F)(F)F)c2)C(=S)N1c1ccc(CNC(=O)c2cncs2)c(Cl)c1. The third-order valence-corrected chi connectivity index (χ3v) is 7.23. The van der Waals surface area contributed by atoms with Crippen LogP contribution in [-0.4, -0.2) is 27.4 Å². The molecular weight excluding hydrogens is 547 g/mol. The van der Waals surface area contributed by atoms with Crippen LogP contribution < -0.4 is 15.1 Å². The molecule has 0 atom stereocenters. The molecule has 1 aromatic heterocycles. The molecule has 0 radical (unpaired) electrons. The molecule has 2 aromatic carbocycles. The van der Waals surface area contributed by atoms with Crippen LogP contribution >= 0.6 is 35.2 Å². The van der Waals surface area contributed by atoms with E-state index in [-0.39, 0.29) is 23.3 Å². The maximum Gasteiger partial charge on any atom is 0.417 e. The van der Waals surface area contributed by atoms with Gasteiger partial charge in [0.1, 0.15) is 10.4 Å². The van der Waals surface area contributed by atoms with Crippen LogP contribution in [0.4, 0.5) is 24.5 Å². The minimum absolute atomic E-state index is 0.0462. The molecule has 0 spiro atoms. The second kappa shape index (κ2) is 9.74. The van der Waals surface area contributed by atoms with Gasteiger partial charge in [0.2, 0.25) is 0 Å². The number of carbonyl (C=O) groups excluding carboxylic acids is 2. The lowest BCUT2D eigenvalue weighted by Crippen LogP contribution is -2.44. The first-order valence-corrected chi connectivity index (χ1v) is 12.3. The van der Waals surface area contributed by atoms with Crippen molar-refractivity contribution in [3.05, 3.63) is 74.7 Å². The molecule has 13 heteroatoms. The number of nitriles is 1. The van der Waals surface area contributed by atoms with Crippen LogP contribution in [0.15, 0.2) is 48.1 Å². The van der Waals surface area contributed by atoms with Crippen LogP contribution in [0.25, 0.3) is 0 Å². The monoisotopic (exact) mass is 563 g/mol. The number of hydrogen-bond acceptors (Lipinski definition) is 6. The van der Waals surface area contributed by atoms with E-state index >= 15 is 0 Å². The van der Waals surface area contributed by atoms with Gasteiger partial charge in [-0.2, -0.15) is 18.4 Å². The highest BCUT2D eigenvalue weighted by Crippen LogP contribution is 2.40. The Morgan fingerprint density at radius 2 is 1.95 bits per heavy atom. The maximum atomic E-state index is 13.5. The number of thiocarbonyl (C=S) groups is 1. The molecule has 0 saturated carbocycles. The van der Waals surface area contributed by atoms with Crippen molar-refractivity contribution < 1.29 is 22.8 Å². The zero-order valence-corrected chi connectivity index (χ0v) is 21.6. The van der Waals surface area contributed by atoms with E-state index in [0.29, 0.717) is 21.2 Å². The number of hydrogen-bond donors (Lipinski definition) is 1. The fourth-order valence-electron chi connectivity index (χ4n) is 3.87. The van der Waals surface area contributed by atoms with Crippen LogP contribution in [0.5, 0.6) is 0 Å². The molecule has 1 fully saturated rings. The number of alkyl halides is 3. The number of benzene rings is 2. The molecule has 1 aliphatic rings. The quantitative estimate of drug-likeness (QED) is 0.410. The Morgan fingerprint density at radius 1 is 1.24 bits per heavy atom. The van der Waals surface area contributed by atoms with Crippen molar-refractivity contribution >= 4 is 63.5 Å². The summed E-state index contributed by atoms with van der Waals surface area (Å²) in [6.07, 6.45) is -3.34. The predicted molar refractivity (Wildman–Crippen MR) is 138 cm³/mol. The lowest BCUT2D eigenvalue weighted by molar-refractivity contribution is -0.137. The average molecular weight is 564 g/mol. The summed E-state index contributed by atoms with van der Waals surface area (Å²) in [4.78, 5) is 32.4. The zero-order chi connectivity index (χ0) is 27.1. The van der Waals surface area contributed by atoms with Crippen LogP contribution in [0.1, 0.15) is 40.2 Å². The topological polar surface area (TPSA) is 89.3 Å². The third-order valence-electron chi connectivity index (χ3n) is 5.75. The van der Waals surface area contributed by atoms with E-state index in [1.165, 1.54) is 34.6 Å². The van der Waals surface area contributed by atoms with Gasteiger partial charge in [-0.3, -0.25) is 19.5 Å². The molecule has 1 N–H and O–H groups in total. The van der Waals surface area contributed by atoms with Gasteiger partial charge in [0.15, 0.2) is 5.11 Å². The van der Waals surface area contributed by atoms with Gasteiger partial charge in [0, 0.05) is 17.3 Å². The molecule has 0 aliphatic carbocycles. The molecule has 4 rings (SSSR count). The van der Waals surface area contributed by atoms with Crippen molar-refractivity contribution in [1.29, 1.82) is 5.26 Å². The fraction of sp³-hybridized carbons (Fsp3) is 0.208. The van der Waals surface area contributed by atoms with Gasteiger partial charge >= 0.3 is 6.18 Å². The molecular formula is C24H17ClF3N5O2S2. The minimum Gasteiger partial charge on any atom is -0.347 e. The van der Waals surface area contributed by atoms with Crippen LogP contribution in [-0.2, 0) is 17.5 Å². The Balaban J connectivity index is 1.63. The van der Waals surface area contributed by atoms with E-state index in [1.54, 1.807) is 37.6 Å². The van der Waals surface area contributed by atoms with Gasteiger partial charge in [-0.25, -0.2) is 0 Å². The highest BCUT2D eigenvalue weighted by atomic mass is 35.5. The molecule has 3 aromatic rings. The second-order valence-electron chi connectivity index (χ2n) is 8.48. The van der Waals surface area contributed by atoms with E-state index in [9.17, 15) is 22.8 Å². The number of carbonyl (C=O) groups is 2. The van der Waals surface area contributed by atoms with Crippen LogP contribution in [0.2, 0.25) is 5.02 Å². The summed E-state index contributed by atoms with van der Waals surface area (Å²) >= 11 is 13.2. The molecule has 190 valence electrons. The smallest absolute Gasteiger partial charge is 0.347 e. The Kier molecular flexibility index (Phi) is 6.98. The molecule has 0 bridgehead atoms. The van der Waals surface area contributed by atoms with Gasteiger partial charge in [-0.15, -0.1) is 11.3 Å². The number of thiazole rings is 1. The number of amides is 2. The summed E-state index contributed by atoms with van der Waals surface area (Å²) in [5, 5.41) is 12.1. The molecule has 7 nitrogen and oxygen atoms in total. The number of halogens is 4. The van der Waals surface area contributed by atoms with E-state index in [2.05, 4.69) is 10.3 Å². The van der Waals surface area contributed by atoms with Crippen molar-refractivity contribution in [2.24, 2.45) is 0 Å². The average Bonchev–Trinajstić information content (AvgIpc) is 3.43. The second-order valence-corrected chi connectivity index (χ2v) is 10.1. The Morgan fingerprint density at radius 3 is 2.54 bits per heavy atom. The van der Waals surface area contributed by atoms with E-state index in [0.717, 1.165) is 17.0 Å². The highest BCUT2D eigenvalue weighted by molar-refractivity contribution is 7.81. The van der Waals surface area contributed by atoms with Gasteiger partial charge < -0.3 is 10.2 Å². The summed E-state index contributed by atoms with van der Waals surface area (Å²) in [5.41, 5.74) is -0.486. The lowest BCUT2D eigenvalue weighted by atomic mass is 10.0. The van der Waals surface area contributed by atoms with Crippen LogP contribution in [0.3, 0.4) is 0 Å². The lowest BCUT2D eigenvalue weighted by Gasteiger charge is -2.29. The molecule has 0 unspecified atom stereocenters. The van der Waals surface area contributed by atoms with Gasteiger partial charge in [0.05, 0.1) is 34.6 Å². The molecule has 1 saturated heterocycles. The first-order valence-electron chi connectivity index (χ1n) is 10.6. The van der Waals surface area contributed by atoms with Crippen molar-refractivity contribution in [2.75, 3.05) is 9.80 Å². The first kappa shape index (κ1) is 26.5. The Labute approximate surface area is 224 Å². The summed E-state index contributed by atoms with van der Waals surface area (Å²) in [5.74, 6) is -0.848. The number of aromatic nitrogens is 1. The summed E-state index contributed by atoms with van der Waals surface area (Å²) in [6, 6.07) is 9.41. The number of anilines is 2. The maximum absolute atomic E-state index is 13.5. The molecule has 2 amide bonds. The van der Waals surface area contributed by atoms with Gasteiger partial charge in [0.25, 0.3) is 11.8 Å². The van der Waals surface area contributed by atoms with E-state index in [1.807, 2.05) is 0 Å². The number of nitrogens with zero attached hydrogens (tertiary/aromatic N) is 4. The van der Waals surface area contributed by atoms with Crippen molar-refractivity contribution in [1.82, 2.24) is 10.3 Å². The summed E-state index contributed by atoms with van der Waals surface area (Å²) < 4.78 is 40.6. The third kappa shape index (κ3) is 4.90. The normalized spacial score (nSPS) is 15.2. The van der Waals surface area contributed by atoms with Gasteiger partial charge in [-0.1, -0.05) is 17.7 Å². The zero-order valence-electron chi connectivity index (χ0n) is 19.3. The highest BCUT2D eigenvalue weighted by Gasteiger charge is 2.50. The Bertz CT molecular complexity index is 1450. The molecule has 37 heavy (non-hydrogen) atoms. The first-order chi connectivity index (χ1) is 17.4. The molecule has 1 aliphatic heterocycles. The fourth-order valence-corrected chi connectivity index (χ4v) is 5.17. The van der Waals surface area contributed by atoms with Gasteiger partial charge in [-0.05, 0) is 62.0 Å². The van der Waals surface area contributed by atoms with Crippen molar-refractivity contribution in [2.45, 2.75) is 32.1 Å². The number of nitrogens with one attached hydrogen (secondary N) is 1. The molecule has 2 heterocycles. The predicted octanol–water partition coefficient (Wildman–Crippen LogP) is 5.53. The van der Waals surface area contributed by atoms with Crippen LogP contribution in [0, 0.1) is 11.3 Å². The summed E-state index contributed by atoms with van der Waals surface area (Å²) in [7, 11) is 0. The standard InChI is InChI=1S/C24H17ClF3N5O2S2/c1-23(2)21(35)32(15-5-3-13(9-29)17(7-15)24(26,27)28)22(36)33(23)16-6-4-14(18(25)8-16)10-31-20(34)19-11-30-12-37-19/h3-8,11-12H,10H2,1-2H3,(H,31,34). The Hall–Kier alpha value is -3.53. The van der Waals surface area contributed by atoms with E-state index in [4.69, 9.17) is 29.1 Å². The minimum atomic E-state index is -4.79. The van der Waals surface area contributed by atoms with Crippen molar-refractivity contribution in [3.63, 3.8) is 0 Å². The number of rotatable bonds is 5. The summed E-state index contributed by atoms with van der Waals surface area (Å²) in [6.45, 7) is 3.32. The van der Waals surface area contributed by atoms with Crippen molar-refractivity contribution in [3.8, 4) is 6.07 Å².